The molecule has 1 N–H and O–H groups in total. The first-order valence-corrected chi connectivity index (χ1v) is 7.26. The first kappa shape index (κ1) is 17.4. The van der Waals surface area contributed by atoms with Gasteiger partial charge in [-0.3, -0.25) is 0 Å². The molecule has 1 heterocycles. The molecule has 114 valence electrons. The number of nitrogens with zero attached hydrogens (tertiary/aromatic N) is 1. The third-order valence-corrected chi connectivity index (χ3v) is 3.63. The highest BCUT2D eigenvalue weighted by atomic mass is 35.5. The molecule has 0 amide bonds. The zero-order valence-electron chi connectivity index (χ0n) is 12.2. The summed E-state index contributed by atoms with van der Waals surface area (Å²) in [6.45, 7) is 6.23. The Morgan fingerprint density at radius 2 is 2.10 bits per heavy atom. The Kier molecular flexibility index (Phi) is 8.15. The lowest BCUT2D eigenvalue weighted by Gasteiger charge is -2.32. The van der Waals surface area contributed by atoms with Crippen molar-refractivity contribution in [3.8, 4) is 0 Å². The smallest absolute Gasteiger partial charge is 0.0900 e. The van der Waals surface area contributed by atoms with Crippen molar-refractivity contribution in [2.45, 2.75) is 32.5 Å². The lowest BCUT2D eigenvalue weighted by Crippen LogP contribution is -3.00. The molecule has 0 spiro atoms. The van der Waals surface area contributed by atoms with Gasteiger partial charge in [-0.05, 0) is 30.9 Å². The summed E-state index contributed by atoms with van der Waals surface area (Å²) in [5.74, 6) is 0.756. The van der Waals surface area contributed by atoms with Crippen LogP contribution in [0.2, 0.25) is 0 Å². The van der Waals surface area contributed by atoms with Crippen LogP contribution in [0, 0.1) is 5.92 Å². The van der Waals surface area contributed by atoms with E-state index in [0.717, 1.165) is 31.1 Å². The van der Waals surface area contributed by atoms with Gasteiger partial charge in [0.15, 0.2) is 0 Å². The molecule has 3 nitrogen and oxygen atoms in total. The Labute approximate surface area is 128 Å². The summed E-state index contributed by atoms with van der Waals surface area (Å²) >= 11 is 0. The van der Waals surface area contributed by atoms with Crippen molar-refractivity contribution < 1.29 is 22.3 Å². The topological polar surface area (TPSA) is 32.7 Å². The Balaban J connectivity index is 0.00000200. The van der Waals surface area contributed by atoms with Crippen LogP contribution in [0.3, 0.4) is 0 Å². The number of β-amino-alcohol motifs (C(OH)–C–C–N with tert-alkyl or cyclic N) is 1. The van der Waals surface area contributed by atoms with Gasteiger partial charge >= 0.3 is 0 Å². The average Bonchev–Trinajstić information content (AvgIpc) is 2.40. The molecule has 1 aliphatic rings. The minimum absolute atomic E-state index is 0. The number of aliphatic hydroxyl groups excluding tert-OH is 1. The highest BCUT2D eigenvalue weighted by molar-refractivity contribution is 5.13. The quantitative estimate of drug-likeness (QED) is 0.754. The van der Waals surface area contributed by atoms with Crippen LogP contribution in [-0.4, -0.2) is 42.4 Å². The second kappa shape index (κ2) is 9.35. The Morgan fingerprint density at radius 1 is 1.35 bits per heavy atom. The normalized spacial score (nSPS) is 21.2. The minimum Gasteiger partial charge on any atom is -1.00 e. The number of piperidine rings is 1. The molecule has 0 aromatic heterocycles. The molecule has 0 aliphatic carbocycles. The fraction of sp³-hybridized carbons (Fsp3) is 0.625. The Bertz CT molecular complexity index is 361. The second-order valence-electron chi connectivity index (χ2n) is 5.66. The lowest BCUT2D eigenvalue weighted by molar-refractivity contribution is -0.0000200. The van der Waals surface area contributed by atoms with E-state index < -0.39 is 0 Å². The van der Waals surface area contributed by atoms with E-state index in [9.17, 15) is 5.11 Å². The van der Waals surface area contributed by atoms with E-state index in [2.05, 4.69) is 11.8 Å². The number of hydrogen-bond donors (Lipinski definition) is 1. The van der Waals surface area contributed by atoms with E-state index in [1.54, 1.807) is 0 Å². The molecular weight excluding hydrogens is 274 g/mol. The van der Waals surface area contributed by atoms with Crippen LogP contribution >= 0.6 is 0 Å². The Hall–Kier alpha value is -0.610. The third-order valence-electron chi connectivity index (χ3n) is 3.63. The Morgan fingerprint density at radius 3 is 2.80 bits per heavy atom. The van der Waals surface area contributed by atoms with Gasteiger partial charge in [-0.15, -0.1) is 0 Å². The number of likely N-dealkylation sites (tertiary alicyclic amines) is 1. The molecule has 1 saturated heterocycles. The van der Waals surface area contributed by atoms with Crippen molar-refractivity contribution in [3.05, 3.63) is 35.9 Å². The number of hydrogen-bond acceptors (Lipinski definition) is 3. The predicted molar refractivity (Wildman–Crippen MR) is 76.9 cm³/mol. The van der Waals surface area contributed by atoms with Crippen LogP contribution in [0.1, 0.15) is 25.3 Å². The van der Waals surface area contributed by atoms with Crippen molar-refractivity contribution in [2.24, 2.45) is 5.92 Å². The highest BCUT2D eigenvalue weighted by Gasteiger charge is 2.18. The van der Waals surface area contributed by atoms with Crippen LogP contribution in [0.25, 0.3) is 0 Å². The van der Waals surface area contributed by atoms with Crippen molar-refractivity contribution >= 4 is 0 Å². The van der Waals surface area contributed by atoms with Gasteiger partial charge in [0, 0.05) is 13.1 Å². The summed E-state index contributed by atoms with van der Waals surface area (Å²) in [7, 11) is 0. The van der Waals surface area contributed by atoms with Gasteiger partial charge in [-0.1, -0.05) is 37.3 Å². The number of rotatable bonds is 6. The summed E-state index contributed by atoms with van der Waals surface area (Å²) in [5, 5.41) is 10.00. The summed E-state index contributed by atoms with van der Waals surface area (Å²) in [4.78, 5) is 2.35. The number of ether oxygens (including phenoxy) is 1. The molecule has 4 heteroatoms. The lowest BCUT2D eigenvalue weighted by atomic mass is 10.0. The van der Waals surface area contributed by atoms with Crippen LogP contribution in [0.5, 0.6) is 0 Å². The van der Waals surface area contributed by atoms with Crippen molar-refractivity contribution in [3.63, 3.8) is 0 Å². The number of benzene rings is 1. The number of aliphatic hydroxyl groups is 1. The zero-order chi connectivity index (χ0) is 13.5. The van der Waals surface area contributed by atoms with E-state index in [-0.39, 0.29) is 18.5 Å². The zero-order valence-corrected chi connectivity index (χ0v) is 12.9. The van der Waals surface area contributed by atoms with Gasteiger partial charge in [-0.25, -0.2) is 0 Å². The van der Waals surface area contributed by atoms with E-state index in [0.29, 0.717) is 13.2 Å². The van der Waals surface area contributed by atoms with Gasteiger partial charge in [0.05, 0.1) is 19.3 Å². The molecule has 2 atom stereocenters. The molecule has 0 bridgehead atoms. The molecule has 0 saturated carbocycles. The van der Waals surface area contributed by atoms with Crippen molar-refractivity contribution in [2.75, 3.05) is 26.2 Å². The summed E-state index contributed by atoms with van der Waals surface area (Å²) in [6.07, 6.45) is 2.18. The fourth-order valence-electron chi connectivity index (χ4n) is 2.69. The molecule has 1 aromatic carbocycles. The molecule has 1 fully saturated rings. The maximum Gasteiger partial charge on any atom is 0.0900 e. The standard InChI is InChI=1S/C16H25NO2.ClH/c1-14-6-5-9-17(10-14)11-16(18)13-19-12-15-7-3-2-4-8-15;/h2-4,7-8,14,16,18H,5-6,9-13H2,1H3;1H/p-1. The SMILES string of the molecule is CC1CCCN(CC(O)COCc2ccccc2)C1.[Cl-]. The van der Waals surface area contributed by atoms with E-state index >= 15 is 0 Å². The van der Waals surface area contributed by atoms with Gasteiger partial charge in [0.25, 0.3) is 0 Å². The predicted octanol–water partition coefficient (Wildman–Crippen LogP) is -0.700. The first-order chi connectivity index (χ1) is 9.24. The fourth-order valence-corrected chi connectivity index (χ4v) is 2.69. The van der Waals surface area contributed by atoms with Gasteiger partial charge < -0.3 is 27.2 Å². The van der Waals surface area contributed by atoms with E-state index in [1.807, 2.05) is 30.3 Å². The monoisotopic (exact) mass is 298 g/mol. The van der Waals surface area contributed by atoms with E-state index in [1.165, 1.54) is 12.8 Å². The van der Waals surface area contributed by atoms with Crippen LogP contribution < -0.4 is 12.4 Å². The van der Waals surface area contributed by atoms with Gasteiger partial charge in [-0.2, -0.15) is 0 Å². The minimum atomic E-state index is -0.381. The molecule has 0 radical (unpaired) electrons. The van der Waals surface area contributed by atoms with Crippen LogP contribution in [-0.2, 0) is 11.3 Å². The molecule has 2 unspecified atom stereocenters. The number of halogens is 1. The first-order valence-electron chi connectivity index (χ1n) is 7.26. The second-order valence-corrected chi connectivity index (χ2v) is 5.66. The van der Waals surface area contributed by atoms with Crippen LogP contribution in [0.15, 0.2) is 30.3 Å². The molecule has 20 heavy (non-hydrogen) atoms. The molecule has 1 aromatic rings. The molecule has 1 aliphatic heterocycles. The van der Waals surface area contributed by atoms with Crippen LogP contribution in [0.4, 0.5) is 0 Å². The maximum atomic E-state index is 10.00. The van der Waals surface area contributed by atoms with Gasteiger partial charge in [0.1, 0.15) is 0 Å². The average molecular weight is 299 g/mol. The highest BCUT2D eigenvalue weighted by Crippen LogP contribution is 2.15. The van der Waals surface area contributed by atoms with E-state index in [4.69, 9.17) is 4.74 Å². The van der Waals surface area contributed by atoms with Gasteiger partial charge in [0.2, 0.25) is 0 Å². The van der Waals surface area contributed by atoms with Crippen molar-refractivity contribution in [1.29, 1.82) is 0 Å². The maximum absolute atomic E-state index is 10.00. The summed E-state index contributed by atoms with van der Waals surface area (Å²) in [6, 6.07) is 10.1. The third kappa shape index (κ3) is 6.23. The summed E-state index contributed by atoms with van der Waals surface area (Å²) < 4.78 is 5.57. The van der Waals surface area contributed by atoms with Crippen molar-refractivity contribution in [1.82, 2.24) is 4.90 Å². The largest absolute Gasteiger partial charge is 1.00 e. The molecule has 2 rings (SSSR count). The summed E-state index contributed by atoms with van der Waals surface area (Å²) in [5.41, 5.74) is 1.15. The molecular formula is C16H25ClNO2-.